The predicted molar refractivity (Wildman–Crippen MR) is 154 cm³/mol. The number of benzene rings is 3. The summed E-state index contributed by atoms with van der Waals surface area (Å²) in [6, 6.07) is 31.7. The molecule has 1 aliphatic rings. The maximum atomic E-state index is 10.9. The topological polar surface area (TPSA) is 64.0 Å². The summed E-state index contributed by atoms with van der Waals surface area (Å²) in [6.07, 6.45) is 4.08. The van der Waals surface area contributed by atoms with Crippen molar-refractivity contribution < 1.29 is 15.0 Å². The van der Waals surface area contributed by atoms with E-state index in [9.17, 15) is 9.90 Å². The van der Waals surface area contributed by atoms with Gasteiger partial charge in [0.15, 0.2) is 0 Å². The molecule has 4 rings (SSSR count). The Kier molecular flexibility index (Phi) is 12.5. The lowest BCUT2D eigenvalue weighted by molar-refractivity contribution is -0.142. The van der Waals surface area contributed by atoms with Gasteiger partial charge in [-0.25, -0.2) is 0 Å². The number of carboxylic acid groups (broad SMARTS) is 1. The van der Waals surface area contributed by atoms with E-state index in [0.29, 0.717) is 0 Å². The zero-order valence-electron chi connectivity index (χ0n) is 23.0. The lowest BCUT2D eigenvalue weighted by Crippen LogP contribution is -2.48. The zero-order valence-corrected chi connectivity index (χ0v) is 23.0. The second-order valence-corrected chi connectivity index (χ2v) is 10.2. The highest BCUT2D eigenvalue weighted by atomic mass is 16.4. The van der Waals surface area contributed by atoms with Crippen LogP contribution in [0.1, 0.15) is 62.6 Å². The first kappa shape index (κ1) is 29.6. The van der Waals surface area contributed by atoms with Crippen molar-refractivity contribution in [2.24, 2.45) is 5.92 Å². The van der Waals surface area contributed by atoms with Gasteiger partial charge in [-0.3, -0.25) is 14.6 Å². The summed E-state index contributed by atoms with van der Waals surface area (Å²) >= 11 is 0. The van der Waals surface area contributed by atoms with Crippen LogP contribution in [0.4, 0.5) is 0 Å². The predicted octanol–water partition coefficient (Wildman–Crippen LogP) is 6.57. The molecule has 1 aliphatic heterocycles. The highest BCUT2D eigenvalue weighted by Crippen LogP contribution is 2.27. The largest absolute Gasteiger partial charge is 0.481 e. The molecule has 3 aromatic rings. The molecule has 0 saturated carbocycles. The summed E-state index contributed by atoms with van der Waals surface area (Å²) in [7, 11) is 0. The van der Waals surface area contributed by atoms with Crippen LogP contribution in [0.15, 0.2) is 91.0 Å². The smallest absolute Gasteiger partial charge is 0.306 e. The van der Waals surface area contributed by atoms with Gasteiger partial charge >= 0.3 is 5.97 Å². The van der Waals surface area contributed by atoms with Crippen molar-refractivity contribution in [3.63, 3.8) is 0 Å². The van der Waals surface area contributed by atoms with Gasteiger partial charge in [0.2, 0.25) is 0 Å². The number of likely N-dealkylation sites (tertiary alicyclic amines) is 1. The van der Waals surface area contributed by atoms with Crippen LogP contribution in [0.25, 0.3) is 0 Å². The van der Waals surface area contributed by atoms with Crippen molar-refractivity contribution in [3.05, 3.63) is 108 Å². The van der Waals surface area contributed by atoms with E-state index in [-0.39, 0.29) is 18.2 Å². The van der Waals surface area contributed by atoms with Crippen LogP contribution >= 0.6 is 0 Å². The molecular weight excluding hydrogens is 472 g/mol. The fourth-order valence-electron chi connectivity index (χ4n) is 5.25. The molecule has 0 radical (unpaired) electrons. The minimum atomic E-state index is -0.635. The number of rotatable bonds is 12. The van der Waals surface area contributed by atoms with Crippen molar-refractivity contribution in [2.75, 3.05) is 6.54 Å². The molecule has 0 aliphatic carbocycles. The van der Waals surface area contributed by atoms with Gasteiger partial charge in [0.1, 0.15) is 0 Å². The van der Waals surface area contributed by atoms with Crippen LogP contribution in [0.2, 0.25) is 0 Å². The van der Waals surface area contributed by atoms with Gasteiger partial charge in [-0.05, 0) is 36.0 Å². The summed E-state index contributed by atoms with van der Waals surface area (Å²) in [5, 5.41) is 19.5. The van der Waals surface area contributed by atoms with Gasteiger partial charge in [0, 0.05) is 26.2 Å². The van der Waals surface area contributed by atoms with E-state index in [0.717, 1.165) is 58.3 Å². The van der Waals surface area contributed by atoms with E-state index in [1.54, 1.807) is 0 Å². The van der Waals surface area contributed by atoms with E-state index < -0.39 is 5.97 Å². The molecular formula is C33H44N2O3. The van der Waals surface area contributed by atoms with Crippen LogP contribution in [0.5, 0.6) is 0 Å². The van der Waals surface area contributed by atoms with E-state index in [1.807, 2.05) is 13.8 Å². The summed E-state index contributed by atoms with van der Waals surface area (Å²) < 4.78 is 0. The Balaban J connectivity index is 0.000000342. The van der Waals surface area contributed by atoms with Crippen molar-refractivity contribution in [1.29, 1.82) is 0 Å². The molecule has 2 atom stereocenters. The third kappa shape index (κ3) is 9.39. The van der Waals surface area contributed by atoms with Crippen molar-refractivity contribution >= 4 is 5.97 Å². The van der Waals surface area contributed by atoms with Crippen LogP contribution in [0, 0.1) is 5.92 Å². The fourth-order valence-corrected chi connectivity index (χ4v) is 5.25. The van der Waals surface area contributed by atoms with Gasteiger partial charge in [-0.15, -0.1) is 0 Å². The first-order valence-electron chi connectivity index (χ1n) is 14.0. The van der Waals surface area contributed by atoms with Crippen molar-refractivity contribution in [1.82, 2.24) is 9.80 Å². The highest BCUT2D eigenvalue weighted by molar-refractivity contribution is 5.69. The molecule has 204 valence electrons. The number of aliphatic carboxylic acids is 1. The number of carboxylic acids is 1. The molecule has 0 bridgehead atoms. The molecule has 1 saturated heterocycles. The number of hydrogen-bond donors (Lipinski definition) is 2. The van der Waals surface area contributed by atoms with Gasteiger partial charge in [-0.1, -0.05) is 118 Å². The molecule has 0 amide bonds. The Morgan fingerprint density at radius 1 is 0.816 bits per heavy atom. The van der Waals surface area contributed by atoms with Gasteiger partial charge in [0.05, 0.1) is 18.2 Å². The van der Waals surface area contributed by atoms with E-state index in [1.165, 1.54) is 16.7 Å². The Morgan fingerprint density at radius 3 is 1.68 bits per heavy atom. The van der Waals surface area contributed by atoms with Crippen molar-refractivity contribution in [3.8, 4) is 0 Å². The summed E-state index contributed by atoms with van der Waals surface area (Å²) in [5.41, 5.74) is 3.84. The SMILES string of the molecule is CCCC(CCC)C(=O)O.OC1CCN(Cc2ccccc2)C1N(Cc1ccccc1)Cc1ccccc1. The van der Waals surface area contributed by atoms with E-state index in [2.05, 4.69) is 101 Å². The minimum absolute atomic E-state index is 0.0145. The van der Waals surface area contributed by atoms with Crippen LogP contribution < -0.4 is 0 Å². The van der Waals surface area contributed by atoms with E-state index in [4.69, 9.17) is 5.11 Å². The molecule has 5 nitrogen and oxygen atoms in total. The Hall–Kier alpha value is -2.99. The molecule has 5 heteroatoms. The lowest BCUT2D eigenvalue weighted by atomic mass is 9.99. The zero-order chi connectivity index (χ0) is 27.2. The average Bonchev–Trinajstić information content (AvgIpc) is 3.29. The summed E-state index contributed by atoms with van der Waals surface area (Å²) in [4.78, 5) is 15.3. The van der Waals surface area contributed by atoms with Crippen LogP contribution in [0.3, 0.4) is 0 Å². The lowest BCUT2D eigenvalue weighted by Gasteiger charge is -2.37. The van der Waals surface area contributed by atoms with Crippen LogP contribution in [-0.2, 0) is 24.4 Å². The first-order chi connectivity index (χ1) is 18.5. The molecule has 2 unspecified atom stereocenters. The fraction of sp³-hybridized carbons (Fsp3) is 0.424. The maximum absolute atomic E-state index is 10.9. The Labute approximate surface area is 228 Å². The molecule has 2 N–H and O–H groups in total. The number of hydrogen-bond acceptors (Lipinski definition) is 4. The number of carbonyl (C=O) groups is 1. The molecule has 0 spiro atoms. The summed E-state index contributed by atoms with van der Waals surface area (Å²) in [5.74, 6) is -0.737. The quantitative estimate of drug-likeness (QED) is 0.285. The first-order valence-corrected chi connectivity index (χ1v) is 14.0. The standard InChI is InChI=1S/C25H28N2O.C8H16O2/c28-24-16-17-26(18-21-10-4-1-5-11-21)25(24)27(19-22-12-6-2-7-13-22)20-23-14-8-3-9-15-23;1-3-5-7(6-4-2)8(9)10/h1-15,24-25,28H,16-20H2;7H,3-6H2,1-2H3,(H,9,10). The minimum Gasteiger partial charge on any atom is -0.481 e. The third-order valence-corrected chi connectivity index (χ3v) is 7.11. The second kappa shape index (κ2) is 16.1. The monoisotopic (exact) mass is 516 g/mol. The Morgan fingerprint density at radius 2 is 1.26 bits per heavy atom. The highest BCUT2D eigenvalue weighted by Gasteiger charge is 2.37. The Bertz CT molecular complexity index is 998. The summed E-state index contributed by atoms with van der Waals surface area (Å²) in [6.45, 7) is 7.46. The normalized spacial score (nSPS) is 17.4. The molecule has 3 aromatic carbocycles. The number of aliphatic hydroxyl groups is 1. The van der Waals surface area contributed by atoms with E-state index >= 15 is 0 Å². The van der Waals surface area contributed by atoms with Gasteiger partial charge in [0.25, 0.3) is 0 Å². The second-order valence-electron chi connectivity index (χ2n) is 10.2. The third-order valence-electron chi connectivity index (χ3n) is 7.11. The van der Waals surface area contributed by atoms with Gasteiger partial charge < -0.3 is 10.2 Å². The molecule has 0 aromatic heterocycles. The maximum Gasteiger partial charge on any atom is 0.306 e. The molecule has 1 fully saturated rings. The number of aliphatic hydroxyl groups excluding tert-OH is 1. The number of nitrogens with zero attached hydrogens (tertiary/aromatic N) is 2. The average molecular weight is 517 g/mol. The van der Waals surface area contributed by atoms with Crippen molar-refractivity contribution in [2.45, 2.75) is 77.9 Å². The van der Waals surface area contributed by atoms with Gasteiger partial charge in [-0.2, -0.15) is 0 Å². The molecule has 1 heterocycles. The molecule has 38 heavy (non-hydrogen) atoms. The van der Waals surface area contributed by atoms with Crippen LogP contribution in [-0.4, -0.2) is 44.8 Å².